The molecule has 2 unspecified atom stereocenters. The molecular weight excluding hydrogens is 346 g/mol. The van der Waals surface area contributed by atoms with E-state index in [1.165, 1.54) is 0 Å². The fourth-order valence-corrected chi connectivity index (χ4v) is 3.62. The molecule has 1 aliphatic heterocycles. The van der Waals surface area contributed by atoms with Crippen molar-refractivity contribution in [3.8, 4) is 0 Å². The molecule has 4 nitrogen and oxygen atoms in total. The maximum atomic E-state index is 12.7. The third kappa shape index (κ3) is 4.64. The Morgan fingerprint density at radius 2 is 1.85 bits per heavy atom. The summed E-state index contributed by atoms with van der Waals surface area (Å²) >= 11 is 6.02. The van der Waals surface area contributed by atoms with Crippen LogP contribution < -0.4 is 11.1 Å². The maximum Gasteiger partial charge on any atom is 0.234 e. The van der Waals surface area contributed by atoms with Crippen LogP contribution in [-0.4, -0.2) is 37.0 Å². The van der Waals surface area contributed by atoms with Gasteiger partial charge < -0.3 is 11.1 Å². The van der Waals surface area contributed by atoms with Crippen LogP contribution in [0.5, 0.6) is 0 Å². The Morgan fingerprint density at radius 3 is 2.46 bits per heavy atom. The minimum atomic E-state index is -0.190. The van der Waals surface area contributed by atoms with E-state index >= 15 is 0 Å². The van der Waals surface area contributed by atoms with Crippen molar-refractivity contribution in [2.75, 3.05) is 26.2 Å². The maximum absolute atomic E-state index is 12.7. The van der Waals surface area contributed by atoms with Gasteiger partial charge in [0.25, 0.3) is 0 Å². The van der Waals surface area contributed by atoms with Gasteiger partial charge in [0.2, 0.25) is 5.91 Å². The number of likely N-dealkylation sites (tertiary alicyclic amines) is 1. The van der Waals surface area contributed by atoms with Crippen molar-refractivity contribution in [1.29, 1.82) is 0 Å². The lowest BCUT2D eigenvalue weighted by Crippen LogP contribution is -2.39. The van der Waals surface area contributed by atoms with E-state index in [1.54, 1.807) is 0 Å². The molecule has 0 saturated carbocycles. The van der Waals surface area contributed by atoms with E-state index in [0.29, 0.717) is 18.1 Å². The molecule has 3 rings (SSSR count). The SMILES string of the molecule is CC1(CN)CCN(CC(=O)NC(c2ccccc2)c2ccc(Cl)cc2)C1. The summed E-state index contributed by atoms with van der Waals surface area (Å²) in [6.07, 6.45) is 1.04. The Balaban J connectivity index is 1.72. The van der Waals surface area contributed by atoms with E-state index in [9.17, 15) is 4.79 Å². The predicted molar refractivity (Wildman–Crippen MR) is 106 cm³/mol. The summed E-state index contributed by atoms with van der Waals surface area (Å²) < 4.78 is 0. The summed E-state index contributed by atoms with van der Waals surface area (Å²) in [5.74, 6) is 0.0232. The highest BCUT2D eigenvalue weighted by molar-refractivity contribution is 6.30. The quantitative estimate of drug-likeness (QED) is 0.819. The lowest BCUT2D eigenvalue weighted by atomic mass is 9.90. The van der Waals surface area contributed by atoms with E-state index in [0.717, 1.165) is 30.6 Å². The molecule has 5 heteroatoms. The molecular formula is C21H26ClN3O. The molecule has 1 saturated heterocycles. The molecule has 0 radical (unpaired) electrons. The molecule has 138 valence electrons. The Bertz CT molecular complexity index is 735. The fraction of sp³-hybridized carbons (Fsp3) is 0.381. The van der Waals surface area contributed by atoms with Crippen LogP contribution in [-0.2, 0) is 4.79 Å². The number of nitrogens with zero attached hydrogens (tertiary/aromatic N) is 1. The van der Waals surface area contributed by atoms with Gasteiger partial charge in [-0.3, -0.25) is 9.69 Å². The monoisotopic (exact) mass is 371 g/mol. The number of halogens is 1. The highest BCUT2D eigenvalue weighted by atomic mass is 35.5. The Labute approximate surface area is 160 Å². The van der Waals surface area contributed by atoms with Crippen LogP contribution >= 0.6 is 11.6 Å². The van der Waals surface area contributed by atoms with Gasteiger partial charge in [-0.1, -0.05) is 61.0 Å². The van der Waals surface area contributed by atoms with Crippen molar-refractivity contribution < 1.29 is 4.79 Å². The molecule has 1 amide bonds. The lowest BCUT2D eigenvalue weighted by Gasteiger charge is -2.24. The summed E-state index contributed by atoms with van der Waals surface area (Å²) in [5, 5.41) is 3.87. The van der Waals surface area contributed by atoms with Gasteiger partial charge in [-0.2, -0.15) is 0 Å². The molecule has 3 N–H and O–H groups in total. The topological polar surface area (TPSA) is 58.4 Å². The van der Waals surface area contributed by atoms with Crippen molar-refractivity contribution in [2.24, 2.45) is 11.1 Å². The number of hydrogen-bond acceptors (Lipinski definition) is 3. The summed E-state index contributed by atoms with van der Waals surface area (Å²) in [4.78, 5) is 14.9. The number of carbonyl (C=O) groups excluding carboxylic acids is 1. The van der Waals surface area contributed by atoms with Crippen molar-refractivity contribution in [3.05, 3.63) is 70.7 Å². The summed E-state index contributed by atoms with van der Waals surface area (Å²) in [6.45, 7) is 5.02. The zero-order valence-corrected chi connectivity index (χ0v) is 15.9. The number of carbonyl (C=O) groups is 1. The highest BCUT2D eigenvalue weighted by Crippen LogP contribution is 2.28. The zero-order valence-electron chi connectivity index (χ0n) is 15.1. The van der Waals surface area contributed by atoms with Gasteiger partial charge in [0.05, 0.1) is 12.6 Å². The Morgan fingerprint density at radius 1 is 1.19 bits per heavy atom. The van der Waals surface area contributed by atoms with Crippen molar-refractivity contribution >= 4 is 17.5 Å². The van der Waals surface area contributed by atoms with E-state index in [-0.39, 0.29) is 17.4 Å². The lowest BCUT2D eigenvalue weighted by molar-refractivity contribution is -0.122. The summed E-state index contributed by atoms with van der Waals surface area (Å²) in [6, 6.07) is 17.4. The van der Waals surface area contributed by atoms with Gasteiger partial charge in [0.15, 0.2) is 0 Å². The first kappa shape index (κ1) is 18.9. The van der Waals surface area contributed by atoms with Gasteiger partial charge in [0, 0.05) is 11.6 Å². The van der Waals surface area contributed by atoms with Crippen molar-refractivity contribution in [1.82, 2.24) is 10.2 Å². The van der Waals surface area contributed by atoms with Crippen LogP contribution in [0.1, 0.15) is 30.5 Å². The number of nitrogens with two attached hydrogens (primary N) is 1. The molecule has 2 aromatic rings. The summed E-state index contributed by atoms with van der Waals surface area (Å²) in [5.41, 5.74) is 8.06. The molecule has 0 bridgehead atoms. The summed E-state index contributed by atoms with van der Waals surface area (Å²) in [7, 11) is 0. The minimum absolute atomic E-state index is 0.0232. The first-order chi connectivity index (χ1) is 12.5. The van der Waals surface area contributed by atoms with E-state index in [4.69, 9.17) is 17.3 Å². The number of benzene rings is 2. The van der Waals surface area contributed by atoms with Gasteiger partial charge in [-0.15, -0.1) is 0 Å². The van der Waals surface area contributed by atoms with Crippen molar-refractivity contribution in [3.63, 3.8) is 0 Å². The van der Waals surface area contributed by atoms with Crippen LogP contribution in [0.2, 0.25) is 5.02 Å². The Kier molecular flexibility index (Phi) is 5.97. The first-order valence-electron chi connectivity index (χ1n) is 9.01. The van der Waals surface area contributed by atoms with Crippen LogP contribution in [0.3, 0.4) is 0 Å². The second-order valence-corrected chi connectivity index (χ2v) is 7.87. The smallest absolute Gasteiger partial charge is 0.234 e. The van der Waals surface area contributed by atoms with Crippen LogP contribution in [0.25, 0.3) is 0 Å². The van der Waals surface area contributed by atoms with Gasteiger partial charge >= 0.3 is 0 Å². The molecule has 0 spiro atoms. The second-order valence-electron chi connectivity index (χ2n) is 7.44. The average molecular weight is 372 g/mol. The largest absolute Gasteiger partial charge is 0.344 e. The first-order valence-corrected chi connectivity index (χ1v) is 9.39. The predicted octanol–water partition coefficient (Wildman–Crippen LogP) is 3.22. The molecule has 1 fully saturated rings. The number of rotatable bonds is 6. The highest BCUT2D eigenvalue weighted by Gasteiger charge is 2.33. The fourth-order valence-electron chi connectivity index (χ4n) is 3.50. The molecule has 0 aliphatic carbocycles. The standard InChI is InChI=1S/C21H26ClN3O/c1-21(14-23)11-12-25(15-21)13-19(26)24-20(16-5-3-2-4-6-16)17-7-9-18(22)10-8-17/h2-10,20H,11-15,23H2,1H3,(H,24,26). The van der Waals surface area contributed by atoms with Gasteiger partial charge in [0.1, 0.15) is 0 Å². The molecule has 2 aromatic carbocycles. The number of hydrogen-bond donors (Lipinski definition) is 2. The van der Waals surface area contributed by atoms with Crippen LogP contribution in [0.15, 0.2) is 54.6 Å². The molecule has 1 aliphatic rings. The third-order valence-electron chi connectivity index (χ3n) is 5.14. The zero-order chi connectivity index (χ0) is 18.6. The van der Waals surface area contributed by atoms with E-state index in [1.807, 2.05) is 54.6 Å². The van der Waals surface area contributed by atoms with E-state index < -0.39 is 0 Å². The Hall–Kier alpha value is -1.88. The van der Waals surface area contributed by atoms with E-state index in [2.05, 4.69) is 17.1 Å². The normalized spacial score (nSPS) is 21.5. The molecule has 26 heavy (non-hydrogen) atoms. The molecule has 0 aromatic heterocycles. The second kappa shape index (κ2) is 8.21. The number of nitrogens with one attached hydrogen (secondary N) is 1. The van der Waals surface area contributed by atoms with Gasteiger partial charge in [-0.05, 0) is 48.2 Å². The van der Waals surface area contributed by atoms with Crippen LogP contribution in [0.4, 0.5) is 0 Å². The third-order valence-corrected chi connectivity index (χ3v) is 5.39. The number of amides is 1. The molecule has 1 heterocycles. The van der Waals surface area contributed by atoms with Crippen LogP contribution in [0, 0.1) is 5.41 Å². The minimum Gasteiger partial charge on any atom is -0.344 e. The van der Waals surface area contributed by atoms with Gasteiger partial charge in [-0.25, -0.2) is 0 Å². The average Bonchev–Trinajstić information content (AvgIpc) is 3.03. The van der Waals surface area contributed by atoms with Crippen molar-refractivity contribution in [2.45, 2.75) is 19.4 Å². The molecule has 2 atom stereocenters.